The van der Waals surface area contributed by atoms with Crippen LogP contribution in [0.2, 0.25) is 0 Å². The van der Waals surface area contributed by atoms with Crippen molar-refractivity contribution in [3.05, 3.63) is 65.7 Å². The van der Waals surface area contributed by atoms with Crippen LogP contribution in [0.1, 0.15) is 35.2 Å². The van der Waals surface area contributed by atoms with E-state index in [4.69, 9.17) is 5.11 Å². The Hall–Kier alpha value is -3.35. The minimum atomic E-state index is -0.893. The first kappa shape index (κ1) is 20.4. The summed E-state index contributed by atoms with van der Waals surface area (Å²) in [7, 11) is 0. The van der Waals surface area contributed by atoms with Crippen molar-refractivity contribution in [1.29, 1.82) is 0 Å². The number of carboxylic acid groups (broad SMARTS) is 1. The predicted octanol–water partition coefficient (Wildman–Crippen LogP) is 2.81. The quantitative estimate of drug-likeness (QED) is 0.640. The molecule has 1 aliphatic rings. The first-order valence-corrected chi connectivity index (χ1v) is 9.75. The molecule has 0 aliphatic carbocycles. The van der Waals surface area contributed by atoms with Gasteiger partial charge in [-0.05, 0) is 43.0 Å². The molecule has 0 aromatic heterocycles. The van der Waals surface area contributed by atoms with Crippen molar-refractivity contribution in [3.63, 3.8) is 0 Å². The van der Waals surface area contributed by atoms with Crippen LogP contribution in [-0.2, 0) is 11.2 Å². The number of hydrogen-bond donors (Lipinski definition) is 3. The normalized spacial score (nSPS) is 14.8. The lowest BCUT2D eigenvalue weighted by Crippen LogP contribution is -2.46. The van der Waals surface area contributed by atoms with Gasteiger partial charge < -0.3 is 15.7 Å². The van der Waals surface area contributed by atoms with Crippen LogP contribution in [0.3, 0.4) is 0 Å². The lowest BCUT2D eigenvalue weighted by molar-refractivity contribution is -0.137. The van der Waals surface area contributed by atoms with Gasteiger partial charge in [-0.2, -0.15) is 0 Å². The number of nitrogens with zero attached hydrogens (tertiary/aromatic N) is 1. The van der Waals surface area contributed by atoms with Gasteiger partial charge in [0.25, 0.3) is 5.91 Å². The van der Waals surface area contributed by atoms with E-state index in [0.29, 0.717) is 37.2 Å². The molecule has 3 amide bonds. The van der Waals surface area contributed by atoms with Crippen molar-refractivity contribution in [3.8, 4) is 0 Å². The second-order valence-electron chi connectivity index (χ2n) is 7.08. The van der Waals surface area contributed by atoms with E-state index in [1.807, 2.05) is 30.3 Å². The summed E-state index contributed by atoms with van der Waals surface area (Å²) in [6, 6.07) is 16.1. The second-order valence-corrected chi connectivity index (χ2v) is 7.08. The first-order chi connectivity index (χ1) is 14.0. The van der Waals surface area contributed by atoms with Crippen molar-refractivity contribution in [2.24, 2.45) is 0 Å². The second kappa shape index (κ2) is 9.73. The topological polar surface area (TPSA) is 98.7 Å². The maximum absolute atomic E-state index is 12.8. The summed E-state index contributed by atoms with van der Waals surface area (Å²) < 4.78 is 0. The van der Waals surface area contributed by atoms with E-state index in [9.17, 15) is 14.4 Å². The molecule has 2 aromatic rings. The molecule has 29 heavy (non-hydrogen) atoms. The van der Waals surface area contributed by atoms with Gasteiger partial charge in [-0.25, -0.2) is 4.79 Å². The third kappa shape index (κ3) is 5.81. The summed E-state index contributed by atoms with van der Waals surface area (Å²) in [4.78, 5) is 37.5. The maximum atomic E-state index is 12.8. The molecule has 1 atom stereocenters. The van der Waals surface area contributed by atoms with Crippen LogP contribution in [0.25, 0.3) is 0 Å². The Morgan fingerprint density at radius 2 is 1.93 bits per heavy atom. The minimum absolute atomic E-state index is 0.0221. The summed E-state index contributed by atoms with van der Waals surface area (Å²) in [5, 5.41) is 14.8. The van der Waals surface area contributed by atoms with Crippen LogP contribution in [-0.4, -0.2) is 42.1 Å². The Morgan fingerprint density at radius 3 is 2.66 bits per heavy atom. The van der Waals surface area contributed by atoms with E-state index in [1.165, 1.54) is 0 Å². The Kier molecular flexibility index (Phi) is 6.84. The summed E-state index contributed by atoms with van der Waals surface area (Å²) in [5.41, 5.74) is 2.14. The molecule has 1 heterocycles. The fraction of sp³-hybridized carbons (Fsp3) is 0.318. The fourth-order valence-corrected chi connectivity index (χ4v) is 3.38. The number of urea groups is 1. The highest BCUT2D eigenvalue weighted by atomic mass is 16.4. The molecule has 3 rings (SSSR count). The van der Waals surface area contributed by atoms with Crippen molar-refractivity contribution < 1.29 is 19.5 Å². The Balaban J connectivity index is 1.72. The van der Waals surface area contributed by atoms with Crippen LogP contribution in [0, 0.1) is 0 Å². The SMILES string of the molecule is O=C(O)CCC(Cc1ccccc1)NC(=O)c1cccc(N2CCCNC2=O)c1. The zero-order valence-electron chi connectivity index (χ0n) is 16.1. The smallest absolute Gasteiger partial charge is 0.321 e. The standard InChI is InChI=1S/C22H25N3O4/c26-20(27)11-10-18(14-16-6-2-1-3-7-16)24-21(28)17-8-4-9-19(15-17)25-13-5-12-23-22(25)29/h1-4,6-9,15,18H,5,10-14H2,(H,23,29)(H,24,28)(H,26,27). The monoisotopic (exact) mass is 395 g/mol. The van der Waals surface area contributed by atoms with Crippen LogP contribution >= 0.6 is 0 Å². The lowest BCUT2D eigenvalue weighted by atomic mass is 10.0. The average molecular weight is 395 g/mol. The van der Waals surface area contributed by atoms with Gasteiger partial charge in [-0.1, -0.05) is 36.4 Å². The number of carbonyl (C=O) groups is 3. The highest BCUT2D eigenvalue weighted by molar-refractivity contribution is 5.98. The van der Waals surface area contributed by atoms with E-state index >= 15 is 0 Å². The van der Waals surface area contributed by atoms with Crippen LogP contribution in [0.15, 0.2) is 54.6 Å². The number of hydrogen-bond acceptors (Lipinski definition) is 3. The molecule has 7 heteroatoms. The number of carbonyl (C=O) groups excluding carboxylic acids is 2. The van der Waals surface area contributed by atoms with Crippen LogP contribution < -0.4 is 15.5 Å². The number of nitrogens with one attached hydrogen (secondary N) is 2. The van der Waals surface area contributed by atoms with Crippen LogP contribution in [0.4, 0.5) is 10.5 Å². The summed E-state index contributed by atoms with van der Waals surface area (Å²) >= 11 is 0. The van der Waals surface area contributed by atoms with Gasteiger partial charge in [0.1, 0.15) is 0 Å². The van der Waals surface area contributed by atoms with Gasteiger partial charge in [-0.3, -0.25) is 14.5 Å². The molecule has 1 saturated heterocycles. The number of carboxylic acids is 1. The third-order valence-electron chi connectivity index (χ3n) is 4.87. The lowest BCUT2D eigenvalue weighted by Gasteiger charge is -2.27. The van der Waals surface area contributed by atoms with Gasteiger partial charge in [0.05, 0.1) is 0 Å². The molecule has 0 saturated carbocycles. The molecule has 0 bridgehead atoms. The Morgan fingerprint density at radius 1 is 1.14 bits per heavy atom. The number of amides is 3. The molecule has 2 aromatic carbocycles. The fourth-order valence-electron chi connectivity index (χ4n) is 3.38. The van der Waals surface area contributed by atoms with Gasteiger partial charge in [-0.15, -0.1) is 0 Å². The molecule has 1 unspecified atom stereocenters. The maximum Gasteiger partial charge on any atom is 0.321 e. The summed E-state index contributed by atoms with van der Waals surface area (Å²) in [5.74, 6) is -1.17. The highest BCUT2D eigenvalue weighted by Crippen LogP contribution is 2.19. The number of aliphatic carboxylic acids is 1. The van der Waals surface area contributed by atoms with Gasteiger partial charge in [0.15, 0.2) is 0 Å². The van der Waals surface area contributed by atoms with E-state index in [2.05, 4.69) is 10.6 Å². The predicted molar refractivity (Wildman–Crippen MR) is 110 cm³/mol. The molecule has 1 aliphatic heterocycles. The van der Waals surface area contributed by atoms with Gasteiger partial charge in [0.2, 0.25) is 0 Å². The Labute approximate surface area is 169 Å². The van der Waals surface area contributed by atoms with E-state index in [-0.39, 0.29) is 24.4 Å². The highest BCUT2D eigenvalue weighted by Gasteiger charge is 2.21. The third-order valence-corrected chi connectivity index (χ3v) is 4.87. The number of anilines is 1. The molecule has 0 spiro atoms. The van der Waals surface area contributed by atoms with Crippen LogP contribution in [0.5, 0.6) is 0 Å². The largest absolute Gasteiger partial charge is 0.481 e. The Bertz CT molecular complexity index is 869. The molecule has 0 radical (unpaired) electrons. The molecular formula is C22H25N3O4. The van der Waals surface area contributed by atoms with Gasteiger partial charge >= 0.3 is 12.0 Å². The summed E-state index contributed by atoms with van der Waals surface area (Å²) in [6.45, 7) is 1.26. The van der Waals surface area contributed by atoms with Crippen molar-refractivity contribution in [1.82, 2.24) is 10.6 Å². The number of rotatable bonds is 8. The molecular weight excluding hydrogens is 370 g/mol. The molecule has 7 nitrogen and oxygen atoms in total. The first-order valence-electron chi connectivity index (χ1n) is 9.75. The molecule has 1 fully saturated rings. The van der Waals surface area contributed by atoms with Crippen molar-refractivity contribution in [2.75, 3.05) is 18.0 Å². The molecule has 3 N–H and O–H groups in total. The number of benzene rings is 2. The van der Waals surface area contributed by atoms with Crippen molar-refractivity contribution in [2.45, 2.75) is 31.7 Å². The zero-order valence-corrected chi connectivity index (χ0v) is 16.1. The average Bonchev–Trinajstić information content (AvgIpc) is 2.73. The minimum Gasteiger partial charge on any atom is -0.481 e. The zero-order chi connectivity index (χ0) is 20.6. The summed E-state index contributed by atoms with van der Waals surface area (Å²) in [6.07, 6.45) is 1.71. The van der Waals surface area contributed by atoms with E-state index < -0.39 is 5.97 Å². The van der Waals surface area contributed by atoms with E-state index in [1.54, 1.807) is 29.2 Å². The molecule has 152 valence electrons. The van der Waals surface area contributed by atoms with E-state index in [0.717, 1.165) is 12.0 Å². The van der Waals surface area contributed by atoms with Gasteiger partial charge in [0, 0.05) is 36.8 Å². The van der Waals surface area contributed by atoms with Crippen molar-refractivity contribution >= 4 is 23.6 Å².